The molecule has 0 aromatic heterocycles. The van der Waals surface area contributed by atoms with E-state index >= 15 is 0 Å². The quantitative estimate of drug-likeness (QED) is 0.207. The number of alkyl halides is 9. The zero-order chi connectivity index (χ0) is 25.7. The Balaban J connectivity index is 2.70. The molecule has 0 saturated heterocycles. The van der Waals surface area contributed by atoms with Crippen LogP contribution in [0.2, 0.25) is 0 Å². The Bertz CT molecular complexity index is 1130. The van der Waals surface area contributed by atoms with Gasteiger partial charge in [0.2, 0.25) is 0 Å². The molecule has 0 unspecified atom stereocenters. The highest BCUT2D eigenvalue weighted by molar-refractivity contribution is 8.32. The summed E-state index contributed by atoms with van der Waals surface area (Å²) in [5, 5.41) is -5.91. The summed E-state index contributed by atoms with van der Waals surface area (Å²) in [6.07, 6.45) is -7.14. The molecule has 0 aliphatic rings. The third-order valence-electron chi connectivity index (χ3n) is 5.15. The van der Waals surface area contributed by atoms with Crippen molar-refractivity contribution in [1.82, 2.24) is 0 Å². The molecule has 0 atom stereocenters. The maximum Gasteiger partial charge on any atom is 0.486 e. The molecule has 2 rings (SSSR count). The van der Waals surface area contributed by atoms with Gasteiger partial charge in [0, 0.05) is 27.2 Å². The monoisotopic (exact) mass is 531 g/mol. The molecule has 0 heterocycles. The van der Waals surface area contributed by atoms with Crippen LogP contribution in [-0.2, 0) is 10.1 Å². The van der Waals surface area contributed by atoms with E-state index < -0.39 is 43.7 Å². The molecule has 2 aromatic rings. The smallest absolute Gasteiger partial charge is 0.264 e. The molecular weight excluding hydrogens is 511 g/mol. The molecule has 1 N–H and O–H groups in total. The van der Waals surface area contributed by atoms with E-state index in [0.29, 0.717) is 16.3 Å². The van der Waals surface area contributed by atoms with E-state index in [1.165, 1.54) is 32.0 Å². The van der Waals surface area contributed by atoms with Gasteiger partial charge >= 0.3 is 33.4 Å². The molecule has 0 amide bonds. The van der Waals surface area contributed by atoms with E-state index in [0.717, 1.165) is 0 Å². The lowest BCUT2D eigenvalue weighted by Gasteiger charge is -2.36. The normalized spacial score (nSPS) is 15.2. The molecule has 0 spiro atoms. The molecule has 0 saturated carbocycles. The van der Waals surface area contributed by atoms with E-state index in [1.54, 1.807) is 25.1 Å². The minimum absolute atomic E-state index is 0.0963. The summed E-state index contributed by atoms with van der Waals surface area (Å²) < 4.78 is 148. The van der Waals surface area contributed by atoms with Crippen molar-refractivity contribution >= 4 is 31.2 Å². The van der Waals surface area contributed by atoms with Gasteiger partial charge in [0.25, 0.3) is 0 Å². The van der Waals surface area contributed by atoms with Crippen molar-refractivity contribution in [3.8, 4) is 0 Å². The highest BCUT2D eigenvalue weighted by Gasteiger charge is 2.87. The molecule has 3 nitrogen and oxygen atoms in total. The maximum absolute atomic E-state index is 14.3. The lowest BCUT2D eigenvalue weighted by Crippen LogP contribution is -2.63. The molecule has 0 aliphatic heterocycles. The first-order chi connectivity index (χ1) is 14.8. The first kappa shape index (κ1) is 27.6. The zero-order valence-electron chi connectivity index (χ0n) is 17.4. The average Bonchev–Trinajstić information content (AvgIpc) is 2.71. The third kappa shape index (κ3) is 4.18. The van der Waals surface area contributed by atoms with Gasteiger partial charge in [-0.2, -0.15) is 39.5 Å². The number of fused-ring (bicyclic) bond motifs is 1. The summed E-state index contributed by atoms with van der Waals surface area (Å²) in [4.78, 5) is 0.0963. The summed E-state index contributed by atoms with van der Waals surface area (Å²) in [7, 11) is -10.1. The SMILES string of the molecule is CCS(CC)([OH+]S(=O)(=O)C(F)(F)C(F)(F)C(F)(F)C(F)(F)F)c1ccc(C)c2ccccc12. The van der Waals surface area contributed by atoms with Crippen molar-refractivity contribution in [3.63, 3.8) is 0 Å². The van der Waals surface area contributed by atoms with E-state index in [2.05, 4.69) is 3.63 Å². The Morgan fingerprint density at radius 1 is 0.758 bits per heavy atom. The second-order valence-electron chi connectivity index (χ2n) is 7.06. The van der Waals surface area contributed by atoms with Crippen LogP contribution < -0.4 is 0 Å². The molecule has 0 bridgehead atoms. The van der Waals surface area contributed by atoms with Gasteiger partial charge in [0.1, 0.15) is 0 Å². The van der Waals surface area contributed by atoms with Gasteiger partial charge in [0.15, 0.2) is 0 Å². The molecule has 33 heavy (non-hydrogen) atoms. The van der Waals surface area contributed by atoms with Gasteiger partial charge in [-0.05, 0) is 23.9 Å². The van der Waals surface area contributed by atoms with Crippen molar-refractivity contribution in [2.24, 2.45) is 0 Å². The van der Waals surface area contributed by atoms with Crippen LogP contribution in [0.3, 0.4) is 0 Å². The largest absolute Gasteiger partial charge is 0.486 e. The third-order valence-corrected chi connectivity index (χ3v) is 11.1. The fourth-order valence-electron chi connectivity index (χ4n) is 3.17. The topological polar surface area (TPSA) is 46.9 Å². The Labute approximate surface area is 185 Å². The summed E-state index contributed by atoms with van der Waals surface area (Å²) in [6, 6.07) is 9.19. The molecule has 0 radical (unpaired) electrons. The molecular formula is C19H20F9O3S2+. The first-order valence-corrected chi connectivity index (χ1v) is 12.7. The van der Waals surface area contributed by atoms with Gasteiger partial charge in [0.05, 0.1) is 4.90 Å². The Kier molecular flexibility index (Phi) is 7.12. The maximum atomic E-state index is 14.3. The predicted molar refractivity (Wildman–Crippen MR) is 108 cm³/mol. The summed E-state index contributed by atoms with van der Waals surface area (Å²) in [6.45, 7) is 4.35. The zero-order valence-corrected chi connectivity index (χ0v) is 19.0. The van der Waals surface area contributed by atoms with Gasteiger partial charge in [-0.25, -0.2) is 0 Å². The van der Waals surface area contributed by atoms with Crippen LogP contribution in [0.25, 0.3) is 10.8 Å². The minimum atomic E-state index is -7.33. The summed E-state index contributed by atoms with van der Waals surface area (Å²) in [5.41, 5.74) is 0.708. The van der Waals surface area contributed by atoms with Crippen molar-refractivity contribution in [2.45, 2.75) is 48.9 Å². The number of hydrogen-bond acceptors (Lipinski definition) is 2. The van der Waals surface area contributed by atoms with E-state index in [-0.39, 0.29) is 16.4 Å². The van der Waals surface area contributed by atoms with Crippen molar-refractivity contribution in [2.75, 3.05) is 11.5 Å². The van der Waals surface area contributed by atoms with E-state index in [9.17, 15) is 47.9 Å². The Morgan fingerprint density at radius 3 is 1.70 bits per heavy atom. The van der Waals surface area contributed by atoms with Gasteiger partial charge in [-0.15, -0.1) is 8.42 Å². The minimum Gasteiger partial charge on any atom is -0.264 e. The molecule has 2 aromatic carbocycles. The van der Waals surface area contributed by atoms with Crippen molar-refractivity contribution in [3.05, 3.63) is 42.0 Å². The first-order valence-electron chi connectivity index (χ1n) is 9.29. The van der Waals surface area contributed by atoms with Crippen LogP contribution in [0.4, 0.5) is 39.5 Å². The fourth-order valence-corrected chi connectivity index (χ4v) is 8.60. The predicted octanol–water partition coefficient (Wildman–Crippen LogP) is 7.12. The average molecular weight is 531 g/mol. The fraction of sp³-hybridized carbons (Fsp3) is 0.474. The molecule has 188 valence electrons. The van der Waals surface area contributed by atoms with Gasteiger partial charge < -0.3 is 0 Å². The second-order valence-corrected chi connectivity index (χ2v) is 12.4. The van der Waals surface area contributed by atoms with Crippen molar-refractivity contribution < 1.29 is 51.6 Å². The van der Waals surface area contributed by atoms with Crippen LogP contribution >= 0.6 is 10.3 Å². The van der Waals surface area contributed by atoms with Gasteiger partial charge in [-0.1, -0.05) is 44.2 Å². The van der Waals surface area contributed by atoms with Crippen LogP contribution in [-0.4, -0.2) is 46.8 Å². The molecule has 14 heteroatoms. The van der Waals surface area contributed by atoms with Crippen LogP contribution in [0.15, 0.2) is 41.3 Å². The Morgan fingerprint density at radius 2 is 1.24 bits per heavy atom. The standard InChI is InChI=1S/C19H19F9O3S2/c1-4-32(5-2,15-11-10-12(3)13-8-6-7-9-14(13)15)31-33(29,30)19(27,28)17(22,23)16(20,21)18(24,25)26/h6-11H,4-5H2,1-3H3/p+1. The van der Waals surface area contributed by atoms with Crippen LogP contribution in [0.5, 0.6) is 0 Å². The highest BCUT2D eigenvalue weighted by atomic mass is 32.3. The second kappa shape index (κ2) is 8.52. The lowest BCUT2D eigenvalue weighted by molar-refractivity contribution is -0.382. The summed E-state index contributed by atoms with van der Waals surface area (Å²) >= 11 is 0. The number of benzene rings is 2. The number of aryl methyl sites for hydroxylation is 1. The summed E-state index contributed by atoms with van der Waals surface area (Å²) in [5.74, 6) is -15.2. The highest BCUT2D eigenvalue weighted by Crippen LogP contribution is 2.61. The van der Waals surface area contributed by atoms with Crippen LogP contribution in [0, 0.1) is 6.92 Å². The van der Waals surface area contributed by atoms with Crippen LogP contribution in [0.1, 0.15) is 19.4 Å². The molecule has 0 fully saturated rings. The number of halogens is 9. The Hall–Kier alpha value is -1.67. The lowest BCUT2D eigenvalue weighted by atomic mass is 10.1. The van der Waals surface area contributed by atoms with E-state index in [1.807, 2.05) is 0 Å². The number of hydrogen-bond donors (Lipinski definition) is 0. The van der Waals surface area contributed by atoms with E-state index in [4.69, 9.17) is 0 Å². The van der Waals surface area contributed by atoms with Crippen molar-refractivity contribution in [1.29, 1.82) is 0 Å². The van der Waals surface area contributed by atoms with Gasteiger partial charge in [-0.3, -0.25) is 3.63 Å². The molecule has 0 aliphatic carbocycles. The number of rotatable bonds is 8.